The number of amides is 1. The van der Waals surface area contributed by atoms with Gasteiger partial charge in [-0.25, -0.2) is 0 Å². The average molecular weight is 274 g/mol. The molecule has 114 valence electrons. The molecule has 0 aliphatic carbocycles. The Balaban J connectivity index is 3.66. The van der Waals surface area contributed by atoms with E-state index in [1.165, 1.54) is 20.5 Å². The lowest BCUT2D eigenvalue weighted by Gasteiger charge is -2.22. The standard InChI is InChI=1S/C14H30N2O3/c1-11(2)8-10-15-9-6-5-7-13(14(18)19-4)16-12(3)17/h11,13-15,18H,5-10H2,1-4H3,(H,16,17). The number of rotatable bonds is 11. The van der Waals surface area contributed by atoms with E-state index in [0.717, 1.165) is 38.3 Å². The van der Waals surface area contributed by atoms with Gasteiger partial charge in [-0.15, -0.1) is 0 Å². The number of unbranched alkanes of at least 4 members (excludes halogenated alkanes) is 1. The minimum atomic E-state index is -0.933. The van der Waals surface area contributed by atoms with Gasteiger partial charge in [0.15, 0.2) is 6.29 Å². The lowest BCUT2D eigenvalue weighted by Crippen LogP contribution is -2.43. The summed E-state index contributed by atoms with van der Waals surface area (Å²) in [6, 6.07) is -0.321. The van der Waals surface area contributed by atoms with Crippen molar-refractivity contribution >= 4 is 5.91 Å². The zero-order valence-electron chi connectivity index (χ0n) is 12.7. The Labute approximate surface area is 117 Å². The molecule has 0 spiro atoms. The predicted molar refractivity (Wildman–Crippen MR) is 76.8 cm³/mol. The summed E-state index contributed by atoms with van der Waals surface area (Å²) in [6.45, 7) is 7.90. The van der Waals surface area contributed by atoms with Crippen LogP contribution in [0, 0.1) is 5.92 Å². The third-order valence-electron chi connectivity index (χ3n) is 2.99. The smallest absolute Gasteiger partial charge is 0.217 e. The molecule has 19 heavy (non-hydrogen) atoms. The summed E-state index contributed by atoms with van der Waals surface area (Å²) in [4.78, 5) is 11.0. The molecule has 1 amide bonds. The van der Waals surface area contributed by atoms with Gasteiger partial charge in [-0.3, -0.25) is 4.79 Å². The first-order valence-electron chi connectivity index (χ1n) is 7.16. The predicted octanol–water partition coefficient (Wildman–Crippen LogP) is 1.26. The molecule has 5 heteroatoms. The molecule has 3 N–H and O–H groups in total. The number of ether oxygens (including phenoxy) is 1. The third-order valence-corrected chi connectivity index (χ3v) is 2.99. The van der Waals surface area contributed by atoms with Crippen molar-refractivity contribution in [1.82, 2.24) is 10.6 Å². The maximum Gasteiger partial charge on any atom is 0.217 e. The SMILES string of the molecule is COC(O)C(CCCCNCCC(C)C)NC(C)=O. The second-order valence-electron chi connectivity index (χ2n) is 5.36. The number of aliphatic hydroxyl groups is 1. The van der Waals surface area contributed by atoms with Crippen molar-refractivity contribution in [2.75, 3.05) is 20.2 Å². The zero-order chi connectivity index (χ0) is 14.7. The molecule has 0 aromatic heterocycles. The van der Waals surface area contributed by atoms with Crippen LogP contribution < -0.4 is 10.6 Å². The Morgan fingerprint density at radius 2 is 1.89 bits per heavy atom. The number of methoxy groups -OCH3 is 1. The summed E-state index contributed by atoms with van der Waals surface area (Å²) < 4.78 is 4.86. The van der Waals surface area contributed by atoms with Crippen LogP contribution in [-0.4, -0.2) is 43.5 Å². The van der Waals surface area contributed by atoms with E-state index in [-0.39, 0.29) is 11.9 Å². The van der Waals surface area contributed by atoms with Crippen molar-refractivity contribution in [3.8, 4) is 0 Å². The van der Waals surface area contributed by atoms with Gasteiger partial charge in [-0.05, 0) is 44.7 Å². The number of carbonyl (C=O) groups is 1. The molecule has 0 bridgehead atoms. The number of hydrogen-bond acceptors (Lipinski definition) is 4. The molecule has 0 aliphatic heterocycles. The maximum absolute atomic E-state index is 11.0. The topological polar surface area (TPSA) is 70.6 Å². The molecule has 0 radical (unpaired) electrons. The molecule has 0 aromatic rings. The summed E-state index contributed by atoms with van der Waals surface area (Å²) in [7, 11) is 1.44. The first kappa shape index (κ1) is 18.4. The minimum Gasteiger partial charge on any atom is -0.366 e. The summed E-state index contributed by atoms with van der Waals surface area (Å²) in [5.74, 6) is 0.588. The van der Waals surface area contributed by atoms with Gasteiger partial charge in [-0.1, -0.05) is 13.8 Å². The van der Waals surface area contributed by atoms with Crippen molar-refractivity contribution < 1.29 is 14.6 Å². The van der Waals surface area contributed by atoms with Crippen LogP contribution in [-0.2, 0) is 9.53 Å². The quantitative estimate of drug-likeness (QED) is 0.392. The summed E-state index contributed by atoms with van der Waals surface area (Å²) in [5, 5.41) is 15.7. The second-order valence-corrected chi connectivity index (χ2v) is 5.36. The maximum atomic E-state index is 11.0. The van der Waals surface area contributed by atoms with E-state index in [9.17, 15) is 9.90 Å². The normalized spacial score (nSPS) is 14.4. The molecule has 5 nitrogen and oxygen atoms in total. The first-order chi connectivity index (χ1) is 8.97. The Morgan fingerprint density at radius 3 is 2.42 bits per heavy atom. The molecule has 0 saturated heterocycles. The number of hydrogen-bond donors (Lipinski definition) is 3. The van der Waals surface area contributed by atoms with Crippen LogP contribution in [0.1, 0.15) is 46.5 Å². The van der Waals surface area contributed by atoms with Crippen molar-refractivity contribution in [3.63, 3.8) is 0 Å². The highest BCUT2D eigenvalue weighted by Crippen LogP contribution is 2.06. The monoisotopic (exact) mass is 274 g/mol. The number of nitrogens with one attached hydrogen (secondary N) is 2. The summed E-state index contributed by atoms with van der Waals surface area (Å²) in [6.07, 6.45) is 2.96. The zero-order valence-corrected chi connectivity index (χ0v) is 12.7. The van der Waals surface area contributed by atoms with Gasteiger partial charge in [0.05, 0.1) is 6.04 Å². The molecule has 0 fully saturated rings. The fourth-order valence-corrected chi connectivity index (χ4v) is 1.84. The van der Waals surface area contributed by atoms with Gasteiger partial charge in [0.1, 0.15) is 0 Å². The molecule has 0 saturated carbocycles. The highest BCUT2D eigenvalue weighted by molar-refractivity contribution is 5.73. The third kappa shape index (κ3) is 10.9. The second kappa shape index (κ2) is 11.2. The van der Waals surface area contributed by atoms with Gasteiger partial charge < -0.3 is 20.5 Å². The highest BCUT2D eigenvalue weighted by atomic mass is 16.6. The van der Waals surface area contributed by atoms with Gasteiger partial charge >= 0.3 is 0 Å². The van der Waals surface area contributed by atoms with Gasteiger partial charge in [0.2, 0.25) is 5.91 Å². The molecular weight excluding hydrogens is 244 g/mol. The van der Waals surface area contributed by atoms with Gasteiger partial charge in [-0.2, -0.15) is 0 Å². The molecule has 2 unspecified atom stereocenters. The van der Waals surface area contributed by atoms with E-state index < -0.39 is 6.29 Å². The largest absolute Gasteiger partial charge is 0.366 e. The van der Waals surface area contributed by atoms with Gasteiger partial charge in [0, 0.05) is 14.0 Å². The fourth-order valence-electron chi connectivity index (χ4n) is 1.84. The Kier molecular flexibility index (Phi) is 10.8. The lowest BCUT2D eigenvalue weighted by molar-refractivity contribution is -0.128. The van der Waals surface area contributed by atoms with Crippen LogP contribution in [0.25, 0.3) is 0 Å². The molecular formula is C14H30N2O3. The van der Waals surface area contributed by atoms with Crippen LogP contribution in [0.2, 0.25) is 0 Å². The lowest BCUT2D eigenvalue weighted by atomic mass is 10.1. The summed E-state index contributed by atoms with van der Waals surface area (Å²) in [5.41, 5.74) is 0. The molecule has 2 atom stereocenters. The van der Waals surface area contributed by atoms with E-state index in [1.807, 2.05) is 0 Å². The highest BCUT2D eigenvalue weighted by Gasteiger charge is 2.18. The van der Waals surface area contributed by atoms with Crippen LogP contribution >= 0.6 is 0 Å². The van der Waals surface area contributed by atoms with E-state index in [0.29, 0.717) is 0 Å². The van der Waals surface area contributed by atoms with Crippen molar-refractivity contribution in [3.05, 3.63) is 0 Å². The van der Waals surface area contributed by atoms with Crippen LogP contribution in [0.4, 0.5) is 0 Å². The van der Waals surface area contributed by atoms with E-state index in [1.54, 1.807) is 0 Å². The Bertz CT molecular complexity index is 235. The first-order valence-corrected chi connectivity index (χ1v) is 7.16. The van der Waals surface area contributed by atoms with Crippen molar-refractivity contribution in [2.24, 2.45) is 5.92 Å². The fraction of sp³-hybridized carbons (Fsp3) is 0.929. The molecule has 0 aliphatic rings. The molecule has 0 aromatic carbocycles. The molecule has 0 rings (SSSR count). The average Bonchev–Trinajstić information content (AvgIpc) is 2.34. The Hall–Kier alpha value is -0.650. The minimum absolute atomic E-state index is 0.142. The number of carbonyl (C=O) groups excluding carboxylic acids is 1. The van der Waals surface area contributed by atoms with Gasteiger partial charge in [0.25, 0.3) is 0 Å². The Morgan fingerprint density at radius 1 is 1.21 bits per heavy atom. The van der Waals surface area contributed by atoms with Crippen LogP contribution in [0.15, 0.2) is 0 Å². The van der Waals surface area contributed by atoms with E-state index in [4.69, 9.17) is 4.74 Å². The van der Waals surface area contributed by atoms with Crippen molar-refractivity contribution in [2.45, 2.75) is 58.8 Å². The van der Waals surface area contributed by atoms with Crippen LogP contribution in [0.3, 0.4) is 0 Å². The van der Waals surface area contributed by atoms with E-state index >= 15 is 0 Å². The van der Waals surface area contributed by atoms with E-state index in [2.05, 4.69) is 24.5 Å². The summed E-state index contributed by atoms with van der Waals surface area (Å²) >= 11 is 0. The molecule has 0 heterocycles. The number of aliphatic hydroxyl groups excluding tert-OH is 1. The van der Waals surface area contributed by atoms with Crippen molar-refractivity contribution in [1.29, 1.82) is 0 Å². The van der Waals surface area contributed by atoms with Crippen LogP contribution in [0.5, 0.6) is 0 Å².